The second-order valence-corrected chi connectivity index (χ2v) is 5.94. The van der Waals surface area contributed by atoms with Crippen molar-refractivity contribution in [2.75, 3.05) is 18.0 Å². The number of nitrogens with zero attached hydrogens (tertiary/aromatic N) is 1. The summed E-state index contributed by atoms with van der Waals surface area (Å²) in [4.78, 5) is 1.50. The van der Waals surface area contributed by atoms with Crippen LogP contribution in [0.3, 0.4) is 0 Å². The summed E-state index contributed by atoms with van der Waals surface area (Å²) in [6.45, 7) is 2.47. The quantitative estimate of drug-likeness (QED) is 0.831. The summed E-state index contributed by atoms with van der Waals surface area (Å²) in [7, 11) is 0. The Hall–Kier alpha value is -0.750. The lowest BCUT2D eigenvalue weighted by atomic mass is 10.1. The predicted octanol–water partition coefficient (Wildman–Crippen LogP) is 4.09. The Balaban J connectivity index is 2.28. The fourth-order valence-electron chi connectivity index (χ4n) is 2.20. The van der Waals surface area contributed by atoms with E-state index in [0.29, 0.717) is 12.2 Å². The Labute approximate surface area is 125 Å². The maximum Gasteiger partial charge on any atom is 0.405 e. The van der Waals surface area contributed by atoms with Crippen molar-refractivity contribution in [3.8, 4) is 0 Å². The minimum absolute atomic E-state index is 0.0197. The van der Waals surface area contributed by atoms with Crippen molar-refractivity contribution in [2.45, 2.75) is 38.5 Å². The molecule has 1 aromatic rings. The zero-order chi connectivity index (χ0) is 14.8. The molecule has 1 aliphatic carbocycles. The van der Waals surface area contributed by atoms with Crippen LogP contribution in [0.15, 0.2) is 22.7 Å². The average Bonchev–Trinajstić information content (AvgIpc) is 3.17. The lowest BCUT2D eigenvalue weighted by molar-refractivity contribution is -0.120. The molecule has 0 aliphatic heterocycles. The van der Waals surface area contributed by atoms with Gasteiger partial charge in [-0.25, -0.2) is 0 Å². The van der Waals surface area contributed by atoms with Crippen LogP contribution in [0.5, 0.6) is 0 Å². The molecule has 0 atom stereocenters. The molecule has 0 aromatic heterocycles. The first-order valence-electron chi connectivity index (χ1n) is 6.73. The van der Waals surface area contributed by atoms with Gasteiger partial charge in [-0.1, -0.05) is 28.9 Å². The Bertz CT molecular complexity index is 458. The molecule has 1 fully saturated rings. The molecule has 0 unspecified atom stereocenters. The minimum atomic E-state index is -4.18. The topological polar surface area (TPSA) is 15.3 Å². The van der Waals surface area contributed by atoms with Crippen LogP contribution in [0.2, 0.25) is 0 Å². The van der Waals surface area contributed by atoms with Gasteiger partial charge in [0.05, 0.1) is 0 Å². The van der Waals surface area contributed by atoms with Crippen LogP contribution >= 0.6 is 15.9 Å². The molecular weight excluding hydrogens is 333 g/mol. The second kappa shape index (κ2) is 6.35. The van der Waals surface area contributed by atoms with Gasteiger partial charge in [0.2, 0.25) is 0 Å². The molecule has 2 rings (SSSR count). The van der Waals surface area contributed by atoms with Gasteiger partial charge in [0.15, 0.2) is 0 Å². The summed E-state index contributed by atoms with van der Waals surface area (Å²) in [5, 5.41) is 3.18. The fourth-order valence-corrected chi connectivity index (χ4v) is 2.55. The highest BCUT2D eigenvalue weighted by Crippen LogP contribution is 2.37. The Morgan fingerprint density at radius 3 is 2.60 bits per heavy atom. The van der Waals surface area contributed by atoms with Crippen LogP contribution in [-0.4, -0.2) is 25.3 Å². The second-order valence-electron chi connectivity index (χ2n) is 5.03. The van der Waals surface area contributed by atoms with Gasteiger partial charge in [-0.3, -0.25) is 0 Å². The first-order chi connectivity index (χ1) is 9.40. The van der Waals surface area contributed by atoms with Gasteiger partial charge in [-0.15, -0.1) is 0 Å². The Kier molecular flexibility index (Phi) is 4.96. The van der Waals surface area contributed by atoms with E-state index in [1.807, 2.05) is 19.1 Å². The first-order valence-corrected chi connectivity index (χ1v) is 7.52. The lowest BCUT2D eigenvalue weighted by Crippen LogP contribution is -2.36. The minimum Gasteiger partial charge on any atom is -0.359 e. The summed E-state index contributed by atoms with van der Waals surface area (Å²) in [5.41, 5.74) is 1.59. The van der Waals surface area contributed by atoms with E-state index in [1.165, 1.54) is 4.90 Å². The van der Waals surface area contributed by atoms with Crippen LogP contribution < -0.4 is 10.2 Å². The first kappa shape index (κ1) is 15.6. The Morgan fingerprint density at radius 1 is 1.35 bits per heavy atom. The number of alkyl halides is 3. The van der Waals surface area contributed by atoms with Crippen LogP contribution in [0.25, 0.3) is 0 Å². The third-order valence-corrected chi connectivity index (χ3v) is 3.75. The number of hydrogen-bond acceptors (Lipinski definition) is 2. The summed E-state index contributed by atoms with van der Waals surface area (Å²) in [6, 6.07) is 5.56. The van der Waals surface area contributed by atoms with E-state index in [-0.39, 0.29) is 6.04 Å². The molecule has 20 heavy (non-hydrogen) atoms. The van der Waals surface area contributed by atoms with Crippen molar-refractivity contribution >= 4 is 21.6 Å². The SMILES string of the molecule is CCNCc1ccc(Br)cc1N(CC(F)(F)F)C1CC1. The zero-order valence-corrected chi connectivity index (χ0v) is 12.9. The standard InChI is InChI=1S/C14H18BrF3N2/c1-2-19-8-10-3-4-11(15)7-13(10)20(12-5-6-12)9-14(16,17)18/h3-4,7,12,19H,2,5-6,8-9H2,1H3. The molecular formula is C14H18BrF3N2. The highest BCUT2D eigenvalue weighted by Gasteiger charge is 2.38. The molecule has 0 amide bonds. The summed E-state index contributed by atoms with van der Waals surface area (Å²) in [5.74, 6) is 0. The fraction of sp³-hybridized carbons (Fsp3) is 0.571. The van der Waals surface area contributed by atoms with Gasteiger partial charge in [-0.05, 0) is 37.1 Å². The van der Waals surface area contributed by atoms with Gasteiger partial charge in [-0.2, -0.15) is 13.2 Å². The van der Waals surface area contributed by atoms with Crippen LogP contribution in [0.1, 0.15) is 25.3 Å². The zero-order valence-electron chi connectivity index (χ0n) is 11.3. The van der Waals surface area contributed by atoms with Crippen LogP contribution in [0, 0.1) is 0 Å². The third-order valence-electron chi connectivity index (χ3n) is 3.26. The molecule has 0 radical (unpaired) electrons. The maximum absolute atomic E-state index is 12.8. The number of nitrogens with one attached hydrogen (secondary N) is 1. The van der Waals surface area contributed by atoms with Gasteiger partial charge in [0.1, 0.15) is 6.54 Å². The molecule has 0 spiro atoms. The number of hydrogen-bond donors (Lipinski definition) is 1. The Morgan fingerprint density at radius 2 is 2.05 bits per heavy atom. The number of halogens is 4. The maximum atomic E-state index is 12.8. The van der Waals surface area contributed by atoms with Crippen molar-refractivity contribution in [3.05, 3.63) is 28.2 Å². The number of anilines is 1. The van der Waals surface area contributed by atoms with Crippen molar-refractivity contribution in [3.63, 3.8) is 0 Å². The van der Waals surface area contributed by atoms with Crippen molar-refractivity contribution in [1.82, 2.24) is 5.32 Å². The summed E-state index contributed by atoms with van der Waals surface area (Å²) < 4.78 is 39.2. The monoisotopic (exact) mass is 350 g/mol. The molecule has 1 N–H and O–H groups in total. The normalized spacial score (nSPS) is 15.4. The smallest absolute Gasteiger partial charge is 0.359 e. The van der Waals surface area contributed by atoms with Gasteiger partial charge in [0, 0.05) is 22.7 Å². The van der Waals surface area contributed by atoms with Gasteiger partial charge >= 0.3 is 6.18 Å². The van der Waals surface area contributed by atoms with E-state index in [9.17, 15) is 13.2 Å². The van der Waals surface area contributed by atoms with Crippen molar-refractivity contribution in [2.24, 2.45) is 0 Å². The molecule has 1 saturated carbocycles. The van der Waals surface area contributed by atoms with E-state index >= 15 is 0 Å². The molecule has 1 aliphatic rings. The van der Waals surface area contributed by atoms with E-state index in [2.05, 4.69) is 21.2 Å². The van der Waals surface area contributed by atoms with E-state index in [1.54, 1.807) is 6.07 Å². The lowest BCUT2D eigenvalue weighted by Gasteiger charge is -2.28. The van der Waals surface area contributed by atoms with E-state index < -0.39 is 12.7 Å². The largest absolute Gasteiger partial charge is 0.405 e. The molecule has 6 heteroatoms. The highest BCUT2D eigenvalue weighted by molar-refractivity contribution is 9.10. The predicted molar refractivity (Wildman–Crippen MR) is 77.9 cm³/mol. The van der Waals surface area contributed by atoms with E-state index in [0.717, 1.165) is 29.4 Å². The van der Waals surface area contributed by atoms with Crippen LogP contribution in [0.4, 0.5) is 18.9 Å². The molecule has 0 bridgehead atoms. The summed E-state index contributed by atoms with van der Waals surface area (Å²) in [6.07, 6.45) is -2.51. The van der Waals surface area contributed by atoms with Crippen LogP contribution in [-0.2, 0) is 6.54 Å². The number of benzene rings is 1. The van der Waals surface area contributed by atoms with Crippen molar-refractivity contribution < 1.29 is 13.2 Å². The van der Waals surface area contributed by atoms with Crippen molar-refractivity contribution in [1.29, 1.82) is 0 Å². The average molecular weight is 351 g/mol. The number of rotatable bonds is 6. The molecule has 0 saturated heterocycles. The summed E-state index contributed by atoms with van der Waals surface area (Å²) >= 11 is 3.35. The van der Waals surface area contributed by atoms with E-state index in [4.69, 9.17) is 0 Å². The highest BCUT2D eigenvalue weighted by atomic mass is 79.9. The third kappa shape index (κ3) is 4.38. The van der Waals surface area contributed by atoms with Gasteiger partial charge < -0.3 is 10.2 Å². The van der Waals surface area contributed by atoms with Gasteiger partial charge in [0.25, 0.3) is 0 Å². The molecule has 112 valence electrons. The molecule has 1 aromatic carbocycles. The molecule has 0 heterocycles. The molecule has 2 nitrogen and oxygen atoms in total.